The maximum atomic E-state index is 14.2. The van der Waals surface area contributed by atoms with Gasteiger partial charge >= 0.3 is 49.4 Å². The fourth-order valence-electron chi connectivity index (χ4n) is 9.90. The molecule has 0 aliphatic heterocycles. The average molecular weight is 1240 g/mol. The molecule has 0 aliphatic rings. The molecule has 450 valence electrons. The van der Waals surface area contributed by atoms with Crippen molar-refractivity contribution >= 4 is 55.3 Å². The fraction of sp³-hybridized carbons (Fsp3) is 0.155. The summed E-state index contributed by atoms with van der Waals surface area (Å²) < 4.78 is 343. The number of nitrogens with zero attached hydrogens (tertiary/aromatic N) is 2. The minimum Gasteiger partial charge on any atom is -0.287 e. The number of hydrogen-bond acceptors (Lipinski definition) is 2. The normalized spacial score (nSPS) is 13.2. The second-order valence-electron chi connectivity index (χ2n) is 19.3. The van der Waals surface area contributed by atoms with Crippen LogP contribution in [0.3, 0.4) is 0 Å². The van der Waals surface area contributed by atoms with Gasteiger partial charge in [-0.3, -0.25) is 4.79 Å². The van der Waals surface area contributed by atoms with Crippen LogP contribution in [0.4, 0.5) is 105 Å². The highest BCUT2D eigenvalue weighted by Gasteiger charge is 2.47. The van der Waals surface area contributed by atoms with E-state index in [1.165, 1.54) is 10.8 Å². The van der Waals surface area contributed by atoms with E-state index in [4.69, 9.17) is 0 Å². The highest BCUT2D eigenvalue weighted by atomic mass is 19.4. The lowest BCUT2D eigenvalue weighted by Gasteiger charge is -2.46. The highest BCUT2D eigenvalue weighted by molar-refractivity contribution is 7.20. The predicted octanol–water partition coefficient (Wildman–Crippen LogP) is 16.4. The van der Waals surface area contributed by atoms with Gasteiger partial charge in [-0.05, 0) is 51.9 Å². The number of alkyl halides is 24. The Hall–Kier alpha value is -8.59. The second-order valence-corrected chi connectivity index (χ2v) is 19.3. The molecule has 3 nitrogen and oxygen atoms in total. The number of fused-ring (bicyclic) bond motifs is 2. The Morgan fingerprint density at radius 1 is 0.360 bits per heavy atom. The minimum absolute atomic E-state index is 0.0792. The van der Waals surface area contributed by atoms with Crippen molar-refractivity contribution in [1.82, 2.24) is 4.98 Å². The Bertz CT molecular complexity index is 3510. The quantitative estimate of drug-likeness (QED) is 0.0499. The SMILES string of the molecule is FC(F)(F)c1cc([B-](c2cc(C(F)(F)F)cc(C(F)(F)F)c2)(c2cc(C(F)(F)F)cc(C(F)(F)F)c2)c2cc(C(F)(F)F)cc(C(F)(F)F)c2)cc(C(F)(F)F)c1.O=C(C[n+]1ccnc(-c2c3ccccc3cc3ccccc23)c1)c1ccccc1. The van der Waals surface area contributed by atoms with Crippen LogP contribution in [0.2, 0.25) is 0 Å². The molecule has 0 fully saturated rings. The monoisotopic (exact) mass is 1240 g/mol. The summed E-state index contributed by atoms with van der Waals surface area (Å²) >= 11 is 0. The van der Waals surface area contributed by atoms with Gasteiger partial charge in [-0.15, -0.1) is 0 Å². The molecule has 0 amide bonds. The maximum Gasteiger partial charge on any atom is 0.416 e. The van der Waals surface area contributed by atoms with Crippen LogP contribution in [0, 0.1) is 0 Å². The molecule has 0 unspecified atom stereocenters. The van der Waals surface area contributed by atoms with E-state index in [1.807, 2.05) is 47.3 Å². The van der Waals surface area contributed by atoms with E-state index >= 15 is 0 Å². The Morgan fingerprint density at radius 3 is 0.930 bits per heavy atom. The fourth-order valence-corrected chi connectivity index (χ4v) is 9.90. The van der Waals surface area contributed by atoms with Crippen molar-refractivity contribution < 1.29 is 115 Å². The summed E-state index contributed by atoms with van der Waals surface area (Å²) in [5, 5.41) is 4.68. The smallest absolute Gasteiger partial charge is 0.287 e. The van der Waals surface area contributed by atoms with Crippen LogP contribution < -0.4 is 26.4 Å². The average Bonchev–Trinajstić information content (AvgIpc) is 0.731. The van der Waals surface area contributed by atoms with Crippen LogP contribution in [-0.2, 0) is 56.0 Å². The first kappa shape index (κ1) is 63.4. The molecule has 1 heterocycles. The van der Waals surface area contributed by atoms with Crippen molar-refractivity contribution in [1.29, 1.82) is 0 Å². The first-order chi connectivity index (χ1) is 39.6. The van der Waals surface area contributed by atoms with E-state index in [0.29, 0.717) is 5.56 Å². The summed E-state index contributed by atoms with van der Waals surface area (Å²) in [5.74, 6) is 0.0792. The molecule has 0 saturated heterocycles. The van der Waals surface area contributed by atoms with Crippen molar-refractivity contribution in [3.05, 3.63) is 226 Å². The first-order valence-corrected chi connectivity index (χ1v) is 24.3. The molecule has 1 aromatic heterocycles. The maximum absolute atomic E-state index is 14.2. The summed E-state index contributed by atoms with van der Waals surface area (Å²) in [6.45, 7) is 0.280. The number of benzene rings is 8. The van der Waals surface area contributed by atoms with E-state index in [1.54, 1.807) is 6.20 Å². The molecule has 0 saturated carbocycles. The topological polar surface area (TPSA) is 33.8 Å². The van der Waals surface area contributed by atoms with Gasteiger partial charge in [-0.25, -0.2) is 4.98 Å². The first-order valence-electron chi connectivity index (χ1n) is 24.3. The van der Waals surface area contributed by atoms with Crippen LogP contribution in [0.5, 0.6) is 0 Å². The lowest BCUT2D eigenvalue weighted by Crippen LogP contribution is -2.75. The summed E-state index contributed by atoms with van der Waals surface area (Å²) in [6.07, 6.45) is -49.2. The molecule has 28 heteroatoms. The third-order valence-electron chi connectivity index (χ3n) is 13.6. The number of hydrogen-bond donors (Lipinski definition) is 0. The molecule has 0 N–H and O–H groups in total. The minimum atomic E-state index is -6.13. The summed E-state index contributed by atoms with van der Waals surface area (Å²) in [5.41, 5.74) is -27.5. The molecule has 0 aliphatic carbocycles. The largest absolute Gasteiger partial charge is 0.416 e. The zero-order valence-electron chi connectivity index (χ0n) is 42.4. The van der Waals surface area contributed by atoms with Crippen LogP contribution in [0.1, 0.15) is 54.9 Å². The van der Waals surface area contributed by atoms with Gasteiger partial charge in [0, 0.05) is 11.1 Å². The van der Waals surface area contributed by atoms with Gasteiger partial charge in [0.05, 0.1) is 50.7 Å². The molecule has 9 aromatic rings. The van der Waals surface area contributed by atoms with Gasteiger partial charge in [0.15, 0.2) is 12.4 Å². The number of carbonyl (C=O) groups is 1. The van der Waals surface area contributed by atoms with E-state index in [2.05, 4.69) is 59.6 Å². The summed E-state index contributed by atoms with van der Waals surface area (Å²) in [4.78, 5) is 17.3. The third kappa shape index (κ3) is 13.6. The van der Waals surface area contributed by atoms with Crippen LogP contribution >= 0.6 is 0 Å². The number of rotatable bonds is 8. The summed E-state index contributed by atoms with van der Waals surface area (Å²) in [6, 6.07) is 19.5. The van der Waals surface area contributed by atoms with Crippen LogP contribution in [0.15, 0.2) is 176 Å². The van der Waals surface area contributed by atoms with Gasteiger partial charge in [-0.1, -0.05) is 127 Å². The van der Waals surface area contributed by atoms with E-state index < -0.39 is 195 Å². The van der Waals surface area contributed by atoms with Crippen LogP contribution in [0.25, 0.3) is 32.8 Å². The molecule has 9 rings (SSSR count). The van der Waals surface area contributed by atoms with Gasteiger partial charge in [-0.2, -0.15) is 132 Å². The van der Waals surface area contributed by atoms with Gasteiger partial charge in [0.2, 0.25) is 12.3 Å². The second kappa shape index (κ2) is 22.4. The molecule has 8 aromatic carbocycles. The van der Waals surface area contributed by atoms with E-state index in [0.717, 1.165) is 22.0 Å². The number of carbonyl (C=O) groups excluding carboxylic acids is 1. The Balaban J connectivity index is 0.000000274. The van der Waals surface area contributed by atoms with E-state index in [9.17, 15) is 110 Å². The van der Waals surface area contributed by atoms with Gasteiger partial charge < -0.3 is 0 Å². The zero-order chi connectivity index (χ0) is 63.5. The van der Waals surface area contributed by atoms with E-state index in [-0.39, 0.29) is 12.3 Å². The molecule has 0 bridgehead atoms. The van der Waals surface area contributed by atoms with Crippen molar-refractivity contribution in [3.8, 4) is 11.3 Å². The summed E-state index contributed by atoms with van der Waals surface area (Å²) in [7, 11) is 0. The lowest BCUT2D eigenvalue weighted by atomic mass is 9.12. The molecule has 0 radical (unpaired) electrons. The molecule has 86 heavy (non-hydrogen) atoms. The van der Waals surface area contributed by atoms with Gasteiger partial charge in [0.1, 0.15) is 11.8 Å². The standard InChI is InChI=1S/C32H12BF24.C26H19N2O/c34-25(35,36)13-1-14(26(37,38)39)6-21(5-13)33(22-7-15(27(40,41)42)2-16(8-22)28(43,44)45,23-9-17(29(46,47)48)3-18(10-23)30(49,50)51)24-11-19(31(52,53)54)4-20(12-24)32(55,56)57;29-25(19-8-2-1-3-9-19)18-28-15-14-27-24(17-28)26-22-12-6-4-10-20(22)16-21-11-5-7-13-23(21)26/h1-12H;1-17H,18H2/q-1;+1. The number of ketones is 1. The number of aromatic nitrogens is 2. The van der Waals surface area contributed by atoms with Crippen molar-refractivity contribution in [2.24, 2.45) is 0 Å². The van der Waals surface area contributed by atoms with Gasteiger partial charge in [0.25, 0.3) is 0 Å². The number of Topliss-reactive ketones (excluding diaryl/α,β-unsaturated/α-hetero) is 1. The molecule has 0 atom stereocenters. The van der Waals surface area contributed by atoms with Crippen molar-refractivity contribution in [2.75, 3.05) is 0 Å². The molecular formula is C58H31BF24N2O. The molecule has 0 spiro atoms. The van der Waals surface area contributed by atoms with Crippen molar-refractivity contribution in [2.45, 2.75) is 56.0 Å². The van der Waals surface area contributed by atoms with Crippen molar-refractivity contribution in [3.63, 3.8) is 0 Å². The molecular weight excluding hydrogens is 1210 g/mol. The number of halogens is 24. The third-order valence-corrected chi connectivity index (χ3v) is 13.6. The Labute approximate surface area is 467 Å². The van der Waals surface area contributed by atoms with Crippen LogP contribution in [-0.4, -0.2) is 16.9 Å². The highest BCUT2D eigenvalue weighted by Crippen LogP contribution is 2.42. The lowest BCUT2D eigenvalue weighted by molar-refractivity contribution is -0.683. The zero-order valence-corrected chi connectivity index (χ0v) is 42.4. The Kier molecular flexibility index (Phi) is 16.5. The Morgan fingerprint density at radius 2 is 0.640 bits per heavy atom. The predicted molar refractivity (Wildman–Crippen MR) is 266 cm³/mol.